The number of benzene rings is 1. The molecule has 3 rings (SSSR count). The van der Waals surface area contributed by atoms with Gasteiger partial charge in [-0.3, -0.25) is 4.90 Å². The molecule has 0 bridgehead atoms. The Labute approximate surface area is 137 Å². The Kier molecular flexibility index (Phi) is 4.97. The van der Waals surface area contributed by atoms with Crippen LogP contribution in [0.4, 0.5) is 0 Å². The van der Waals surface area contributed by atoms with Gasteiger partial charge >= 0.3 is 0 Å². The van der Waals surface area contributed by atoms with Crippen molar-refractivity contribution < 1.29 is 0 Å². The third-order valence-electron chi connectivity index (χ3n) is 4.75. The summed E-state index contributed by atoms with van der Waals surface area (Å²) < 4.78 is 0. The van der Waals surface area contributed by atoms with E-state index in [2.05, 4.69) is 47.2 Å². The van der Waals surface area contributed by atoms with E-state index >= 15 is 0 Å². The van der Waals surface area contributed by atoms with Crippen molar-refractivity contribution in [1.29, 1.82) is 0 Å². The number of hydrogen-bond acceptors (Lipinski definition) is 3. The largest absolute Gasteiger partial charge is 0.314 e. The molecule has 1 aliphatic heterocycles. The van der Waals surface area contributed by atoms with Gasteiger partial charge in [0.2, 0.25) is 0 Å². The number of halogens is 1. The van der Waals surface area contributed by atoms with Crippen LogP contribution in [0.25, 0.3) is 10.9 Å². The van der Waals surface area contributed by atoms with E-state index in [4.69, 9.17) is 11.6 Å². The van der Waals surface area contributed by atoms with Gasteiger partial charge in [-0.25, -0.2) is 4.98 Å². The normalized spacial score (nSPS) is 19.2. The first-order chi connectivity index (χ1) is 10.7. The number of hydrogen-bond donors (Lipinski definition) is 1. The minimum Gasteiger partial charge on any atom is -0.314 e. The second-order valence-corrected chi connectivity index (χ2v) is 6.54. The summed E-state index contributed by atoms with van der Waals surface area (Å²) in [6, 6.07) is 10.8. The fraction of sp³-hybridized carbons (Fsp3) is 0.500. The second-order valence-electron chi connectivity index (χ2n) is 6.18. The average molecular weight is 318 g/mol. The Morgan fingerprint density at radius 3 is 2.73 bits per heavy atom. The monoisotopic (exact) mass is 317 g/mol. The van der Waals surface area contributed by atoms with Crippen LogP contribution < -0.4 is 5.32 Å². The highest BCUT2D eigenvalue weighted by Crippen LogP contribution is 2.36. The molecule has 2 heterocycles. The number of nitrogens with zero attached hydrogens (tertiary/aromatic N) is 2. The molecule has 4 heteroatoms. The van der Waals surface area contributed by atoms with E-state index in [0.717, 1.165) is 38.1 Å². The maximum Gasteiger partial charge on any atom is 0.134 e. The zero-order chi connectivity index (χ0) is 15.5. The van der Waals surface area contributed by atoms with Crippen LogP contribution in [0.3, 0.4) is 0 Å². The molecule has 1 N–H and O–H groups in total. The van der Waals surface area contributed by atoms with Gasteiger partial charge in [0.05, 0.1) is 5.52 Å². The Bertz CT molecular complexity index is 637. The summed E-state index contributed by atoms with van der Waals surface area (Å²) in [5.41, 5.74) is 2.15. The molecule has 0 spiro atoms. The van der Waals surface area contributed by atoms with E-state index in [1.165, 1.54) is 10.9 Å². The predicted octanol–water partition coefficient (Wildman–Crippen LogP) is 3.88. The van der Waals surface area contributed by atoms with E-state index in [1.807, 2.05) is 12.1 Å². The number of nitrogens with one attached hydrogen (secondary N) is 1. The molecule has 1 aliphatic rings. The molecule has 1 aromatic heterocycles. The Balaban J connectivity index is 2.04. The molecule has 3 nitrogen and oxygen atoms in total. The van der Waals surface area contributed by atoms with Gasteiger partial charge in [0.1, 0.15) is 5.15 Å². The lowest BCUT2D eigenvalue weighted by Gasteiger charge is -2.38. The van der Waals surface area contributed by atoms with Crippen molar-refractivity contribution in [3.63, 3.8) is 0 Å². The van der Waals surface area contributed by atoms with Gasteiger partial charge in [-0.2, -0.15) is 0 Å². The van der Waals surface area contributed by atoms with Crippen LogP contribution in [0, 0.1) is 5.92 Å². The van der Waals surface area contributed by atoms with Crippen molar-refractivity contribution in [2.45, 2.75) is 26.3 Å². The van der Waals surface area contributed by atoms with Gasteiger partial charge < -0.3 is 5.32 Å². The minimum atomic E-state index is 0.344. The molecule has 1 saturated heterocycles. The third kappa shape index (κ3) is 3.12. The highest BCUT2D eigenvalue weighted by Gasteiger charge is 2.28. The number of rotatable bonds is 4. The molecule has 0 radical (unpaired) electrons. The highest BCUT2D eigenvalue weighted by atomic mass is 35.5. The summed E-state index contributed by atoms with van der Waals surface area (Å²) in [7, 11) is 0. The van der Waals surface area contributed by atoms with E-state index in [9.17, 15) is 0 Å². The van der Waals surface area contributed by atoms with Gasteiger partial charge in [0.25, 0.3) is 0 Å². The summed E-state index contributed by atoms with van der Waals surface area (Å²) in [5.74, 6) is 0.554. The average Bonchev–Trinajstić information content (AvgIpc) is 2.56. The molecule has 0 saturated carbocycles. The van der Waals surface area contributed by atoms with Crippen LogP contribution in [0.5, 0.6) is 0 Å². The second kappa shape index (κ2) is 6.95. The number of fused-ring (bicyclic) bond motifs is 1. The van der Waals surface area contributed by atoms with Crippen molar-refractivity contribution in [1.82, 2.24) is 15.2 Å². The van der Waals surface area contributed by atoms with E-state index in [1.54, 1.807) is 0 Å². The number of pyridine rings is 1. The molecule has 2 atom stereocenters. The molecule has 2 aromatic rings. The van der Waals surface area contributed by atoms with Gasteiger partial charge in [0, 0.05) is 43.2 Å². The lowest BCUT2D eigenvalue weighted by molar-refractivity contribution is 0.128. The SMILES string of the molecule is CCC(C)[C@H](c1cc2ccccc2nc1Cl)N1CCNCC1. The standard InChI is InChI=1S/C18H24ClN3/c1-3-13(2)17(22-10-8-20-9-11-22)15-12-14-6-4-5-7-16(14)21-18(15)19/h4-7,12-13,17,20H,3,8-11H2,1-2H3/t13?,17-/m1/s1. The van der Waals surface area contributed by atoms with Gasteiger partial charge in [-0.05, 0) is 18.1 Å². The lowest BCUT2D eigenvalue weighted by atomic mass is 9.90. The zero-order valence-electron chi connectivity index (χ0n) is 13.3. The van der Waals surface area contributed by atoms with Crippen molar-refractivity contribution in [2.24, 2.45) is 5.92 Å². The van der Waals surface area contributed by atoms with Crippen LogP contribution in [0.2, 0.25) is 5.15 Å². The van der Waals surface area contributed by atoms with E-state index in [-0.39, 0.29) is 0 Å². The van der Waals surface area contributed by atoms with Crippen molar-refractivity contribution in [3.05, 3.63) is 41.0 Å². The molecule has 22 heavy (non-hydrogen) atoms. The first-order valence-corrected chi connectivity index (χ1v) is 8.58. The molecule has 0 amide bonds. The third-order valence-corrected chi connectivity index (χ3v) is 5.05. The van der Waals surface area contributed by atoms with Crippen LogP contribution in [-0.4, -0.2) is 36.1 Å². The fourth-order valence-electron chi connectivity index (χ4n) is 3.36. The Morgan fingerprint density at radius 1 is 1.27 bits per heavy atom. The lowest BCUT2D eigenvalue weighted by Crippen LogP contribution is -2.46. The fourth-order valence-corrected chi connectivity index (χ4v) is 3.62. The van der Waals surface area contributed by atoms with Crippen LogP contribution in [0.1, 0.15) is 31.9 Å². The summed E-state index contributed by atoms with van der Waals surface area (Å²) >= 11 is 6.56. The summed E-state index contributed by atoms with van der Waals surface area (Å²) in [4.78, 5) is 7.19. The first-order valence-electron chi connectivity index (χ1n) is 8.20. The van der Waals surface area contributed by atoms with Crippen molar-refractivity contribution >= 4 is 22.5 Å². The van der Waals surface area contributed by atoms with Crippen molar-refractivity contribution in [3.8, 4) is 0 Å². The predicted molar refractivity (Wildman–Crippen MR) is 93.4 cm³/mol. The smallest absolute Gasteiger partial charge is 0.134 e. The van der Waals surface area contributed by atoms with Gasteiger partial charge in [-0.15, -0.1) is 0 Å². The highest BCUT2D eigenvalue weighted by molar-refractivity contribution is 6.30. The number of piperazine rings is 1. The first kappa shape index (κ1) is 15.7. The Morgan fingerprint density at radius 2 is 2.00 bits per heavy atom. The molecule has 0 aliphatic carbocycles. The topological polar surface area (TPSA) is 28.2 Å². The summed E-state index contributed by atoms with van der Waals surface area (Å²) in [5, 5.41) is 5.26. The van der Waals surface area contributed by atoms with Crippen LogP contribution in [0.15, 0.2) is 30.3 Å². The Hall–Kier alpha value is -1.16. The molecule has 1 unspecified atom stereocenters. The minimum absolute atomic E-state index is 0.344. The van der Waals surface area contributed by atoms with Gasteiger partial charge in [0.15, 0.2) is 0 Å². The van der Waals surface area contributed by atoms with E-state index < -0.39 is 0 Å². The van der Waals surface area contributed by atoms with Gasteiger partial charge in [-0.1, -0.05) is 50.1 Å². The number of para-hydroxylation sites is 1. The maximum atomic E-state index is 6.56. The van der Waals surface area contributed by atoms with E-state index in [0.29, 0.717) is 17.1 Å². The maximum absolute atomic E-state index is 6.56. The molecule has 1 fully saturated rings. The van der Waals surface area contributed by atoms with Crippen LogP contribution in [-0.2, 0) is 0 Å². The molecular formula is C18H24ClN3. The molecule has 1 aromatic carbocycles. The molecule has 118 valence electrons. The van der Waals surface area contributed by atoms with Crippen molar-refractivity contribution in [2.75, 3.05) is 26.2 Å². The van der Waals surface area contributed by atoms with Crippen LogP contribution >= 0.6 is 11.6 Å². The summed E-state index contributed by atoms with van der Waals surface area (Å²) in [6.07, 6.45) is 1.14. The quantitative estimate of drug-likeness (QED) is 0.867. The molecular weight excluding hydrogens is 294 g/mol. The zero-order valence-corrected chi connectivity index (χ0v) is 14.1. The summed E-state index contributed by atoms with van der Waals surface area (Å²) in [6.45, 7) is 8.80. The number of aromatic nitrogens is 1.